The summed E-state index contributed by atoms with van der Waals surface area (Å²) in [6, 6.07) is 10.5. The van der Waals surface area contributed by atoms with Crippen LogP contribution in [0.25, 0.3) is 0 Å². The Morgan fingerprint density at radius 2 is 2.00 bits per heavy atom. The van der Waals surface area contributed by atoms with Crippen LogP contribution >= 0.6 is 0 Å². The largest absolute Gasteiger partial charge is 0.333 e. The molecule has 0 aromatic heterocycles. The average molecular weight is 287 g/mol. The fourth-order valence-electron chi connectivity index (χ4n) is 3.54. The van der Waals surface area contributed by atoms with Crippen molar-refractivity contribution in [1.82, 2.24) is 9.80 Å². The highest BCUT2D eigenvalue weighted by Gasteiger charge is 2.47. The summed E-state index contributed by atoms with van der Waals surface area (Å²) >= 11 is 0. The lowest BCUT2D eigenvalue weighted by molar-refractivity contribution is -0.152. The number of nitrogens with two attached hydrogens (primary N) is 1. The second-order valence-electron chi connectivity index (χ2n) is 6.53. The van der Waals surface area contributed by atoms with E-state index in [0.29, 0.717) is 6.54 Å². The maximum absolute atomic E-state index is 13.1. The van der Waals surface area contributed by atoms with Gasteiger partial charge in [-0.05, 0) is 25.5 Å². The Bertz CT molecular complexity index is 493. The van der Waals surface area contributed by atoms with Gasteiger partial charge < -0.3 is 15.5 Å². The van der Waals surface area contributed by atoms with Gasteiger partial charge in [-0.25, -0.2) is 0 Å². The second kappa shape index (κ2) is 5.78. The van der Waals surface area contributed by atoms with E-state index in [0.717, 1.165) is 38.9 Å². The van der Waals surface area contributed by atoms with Crippen LogP contribution in [0.15, 0.2) is 30.3 Å². The fourth-order valence-corrected chi connectivity index (χ4v) is 3.54. The van der Waals surface area contributed by atoms with Crippen LogP contribution in [-0.2, 0) is 4.79 Å². The molecule has 1 heterocycles. The Morgan fingerprint density at radius 1 is 1.29 bits per heavy atom. The molecule has 1 aromatic rings. The first-order chi connectivity index (χ1) is 10.2. The van der Waals surface area contributed by atoms with Gasteiger partial charge in [-0.2, -0.15) is 0 Å². The summed E-state index contributed by atoms with van der Waals surface area (Å²) in [5, 5.41) is 0. The summed E-state index contributed by atoms with van der Waals surface area (Å²) < 4.78 is 0. The molecule has 1 saturated carbocycles. The van der Waals surface area contributed by atoms with E-state index in [4.69, 9.17) is 5.73 Å². The highest BCUT2D eigenvalue weighted by atomic mass is 16.2. The molecule has 4 nitrogen and oxygen atoms in total. The molecule has 1 aromatic carbocycles. The third kappa shape index (κ3) is 2.58. The minimum Gasteiger partial charge on any atom is -0.333 e. The van der Waals surface area contributed by atoms with Crippen LogP contribution in [0.4, 0.5) is 0 Å². The third-order valence-corrected chi connectivity index (χ3v) is 5.18. The van der Waals surface area contributed by atoms with Crippen LogP contribution in [-0.4, -0.2) is 48.9 Å². The lowest BCUT2D eigenvalue weighted by Crippen LogP contribution is -2.57. The Kier molecular flexibility index (Phi) is 4.00. The van der Waals surface area contributed by atoms with E-state index < -0.39 is 0 Å². The van der Waals surface area contributed by atoms with Crippen LogP contribution in [0.3, 0.4) is 0 Å². The lowest BCUT2D eigenvalue weighted by Gasteiger charge is -2.48. The molecule has 1 aliphatic heterocycles. The van der Waals surface area contributed by atoms with Crippen molar-refractivity contribution in [1.29, 1.82) is 0 Å². The molecule has 0 radical (unpaired) electrons. The van der Waals surface area contributed by atoms with Crippen molar-refractivity contribution in [3.8, 4) is 0 Å². The minimum absolute atomic E-state index is 0.154. The summed E-state index contributed by atoms with van der Waals surface area (Å²) in [5.41, 5.74) is 6.88. The van der Waals surface area contributed by atoms with E-state index in [-0.39, 0.29) is 17.4 Å². The van der Waals surface area contributed by atoms with Crippen LogP contribution < -0.4 is 5.73 Å². The van der Waals surface area contributed by atoms with Gasteiger partial charge >= 0.3 is 0 Å². The summed E-state index contributed by atoms with van der Waals surface area (Å²) in [6.45, 7) is 3.13. The summed E-state index contributed by atoms with van der Waals surface area (Å²) in [4.78, 5) is 17.4. The molecule has 114 valence electrons. The number of benzene rings is 1. The number of likely N-dealkylation sites (N-methyl/N-ethyl adjacent to an activating group) is 1. The van der Waals surface area contributed by atoms with Crippen molar-refractivity contribution in [2.75, 3.05) is 33.2 Å². The monoisotopic (exact) mass is 287 g/mol. The molecule has 0 spiro atoms. The molecule has 1 atom stereocenters. The maximum atomic E-state index is 13.1. The normalized spacial score (nSPS) is 25.4. The van der Waals surface area contributed by atoms with Crippen molar-refractivity contribution in [2.24, 2.45) is 11.1 Å². The number of carbonyl (C=O) groups excluding carboxylic acids is 1. The van der Waals surface area contributed by atoms with E-state index >= 15 is 0 Å². The molecular formula is C17H25N3O. The molecule has 21 heavy (non-hydrogen) atoms. The molecule has 0 bridgehead atoms. The lowest BCUT2D eigenvalue weighted by atomic mass is 9.67. The second-order valence-corrected chi connectivity index (χ2v) is 6.53. The number of nitrogens with zero attached hydrogens (tertiary/aromatic N) is 2. The first-order valence-corrected chi connectivity index (χ1v) is 7.91. The molecule has 2 aliphatic rings. The van der Waals surface area contributed by atoms with Gasteiger partial charge in [0, 0.05) is 26.2 Å². The van der Waals surface area contributed by atoms with Gasteiger partial charge in [-0.3, -0.25) is 4.79 Å². The van der Waals surface area contributed by atoms with E-state index in [1.54, 1.807) is 0 Å². The van der Waals surface area contributed by atoms with Gasteiger partial charge in [-0.1, -0.05) is 36.8 Å². The maximum Gasteiger partial charge on any atom is 0.230 e. The molecule has 3 rings (SSSR count). The molecule has 1 aliphatic carbocycles. The first-order valence-electron chi connectivity index (χ1n) is 7.91. The van der Waals surface area contributed by atoms with E-state index in [9.17, 15) is 4.79 Å². The van der Waals surface area contributed by atoms with E-state index in [2.05, 4.69) is 41.1 Å². The van der Waals surface area contributed by atoms with Gasteiger partial charge in [0.1, 0.15) is 0 Å². The van der Waals surface area contributed by atoms with Crippen molar-refractivity contribution >= 4 is 5.91 Å². The standard InChI is InChI=1S/C17H25N3O/c1-19-10-11-20(16(21)17(13-18)8-5-9-17)15(12-19)14-6-3-2-4-7-14/h2-4,6-7,15H,5,8-13,18H2,1H3. The summed E-state index contributed by atoms with van der Waals surface area (Å²) in [7, 11) is 2.12. The average Bonchev–Trinajstić information content (AvgIpc) is 2.47. The first kappa shape index (κ1) is 14.5. The molecule has 1 amide bonds. The van der Waals surface area contributed by atoms with Crippen LogP contribution in [0.2, 0.25) is 0 Å². The SMILES string of the molecule is CN1CCN(C(=O)C2(CN)CCC2)C(c2ccccc2)C1. The molecule has 4 heteroatoms. The zero-order valence-electron chi connectivity index (χ0n) is 12.8. The number of hydrogen-bond acceptors (Lipinski definition) is 3. The minimum atomic E-state index is -0.275. The fraction of sp³-hybridized carbons (Fsp3) is 0.588. The number of hydrogen-bond donors (Lipinski definition) is 1. The van der Waals surface area contributed by atoms with E-state index in [1.807, 2.05) is 6.07 Å². The number of carbonyl (C=O) groups is 1. The van der Waals surface area contributed by atoms with Crippen molar-refractivity contribution in [3.05, 3.63) is 35.9 Å². The van der Waals surface area contributed by atoms with Crippen molar-refractivity contribution in [2.45, 2.75) is 25.3 Å². The van der Waals surface area contributed by atoms with Gasteiger partial charge in [0.25, 0.3) is 0 Å². The van der Waals surface area contributed by atoms with Crippen LogP contribution in [0, 0.1) is 5.41 Å². The molecular weight excluding hydrogens is 262 g/mol. The Hall–Kier alpha value is -1.39. The Morgan fingerprint density at radius 3 is 2.57 bits per heavy atom. The van der Waals surface area contributed by atoms with Gasteiger partial charge in [-0.15, -0.1) is 0 Å². The van der Waals surface area contributed by atoms with Gasteiger partial charge in [0.2, 0.25) is 5.91 Å². The van der Waals surface area contributed by atoms with E-state index in [1.165, 1.54) is 5.56 Å². The molecule has 2 fully saturated rings. The predicted octanol–water partition coefficient (Wildman–Crippen LogP) is 1.63. The predicted molar refractivity (Wildman–Crippen MR) is 83.7 cm³/mol. The number of piperazine rings is 1. The molecule has 1 saturated heterocycles. The smallest absolute Gasteiger partial charge is 0.230 e. The zero-order valence-corrected chi connectivity index (χ0v) is 12.8. The van der Waals surface area contributed by atoms with Crippen molar-refractivity contribution < 1.29 is 4.79 Å². The molecule has 2 N–H and O–H groups in total. The topological polar surface area (TPSA) is 49.6 Å². The quantitative estimate of drug-likeness (QED) is 0.919. The highest BCUT2D eigenvalue weighted by Crippen LogP contribution is 2.43. The zero-order chi connectivity index (χ0) is 14.9. The highest BCUT2D eigenvalue weighted by molar-refractivity contribution is 5.84. The van der Waals surface area contributed by atoms with Gasteiger partial charge in [0.15, 0.2) is 0 Å². The van der Waals surface area contributed by atoms with Gasteiger partial charge in [0.05, 0.1) is 11.5 Å². The van der Waals surface area contributed by atoms with Crippen LogP contribution in [0.5, 0.6) is 0 Å². The molecule has 1 unspecified atom stereocenters. The number of rotatable bonds is 3. The van der Waals surface area contributed by atoms with Crippen LogP contribution in [0.1, 0.15) is 30.9 Å². The summed E-state index contributed by atoms with van der Waals surface area (Å²) in [6.07, 6.45) is 3.04. The third-order valence-electron chi connectivity index (χ3n) is 5.18. The number of amides is 1. The summed E-state index contributed by atoms with van der Waals surface area (Å²) in [5.74, 6) is 0.276. The van der Waals surface area contributed by atoms with Crippen molar-refractivity contribution in [3.63, 3.8) is 0 Å². The Labute approximate surface area is 126 Å². The Balaban J connectivity index is 1.86.